The van der Waals surface area contributed by atoms with Gasteiger partial charge in [-0.15, -0.1) is 11.8 Å². The molecule has 0 aromatic heterocycles. The minimum atomic E-state index is -0.0415. The molecule has 0 radical (unpaired) electrons. The van der Waals surface area contributed by atoms with Gasteiger partial charge in [-0.05, 0) is 37.5 Å². The second kappa shape index (κ2) is 7.73. The average Bonchev–Trinajstić information content (AvgIpc) is 2.81. The molecule has 0 saturated heterocycles. The van der Waals surface area contributed by atoms with Crippen molar-refractivity contribution in [2.45, 2.75) is 49.8 Å². The van der Waals surface area contributed by atoms with Gasteiger partial charge in [0.1, 0.15) is 0 Å². The van der Waals surface area contributed by atoms with E-state index in [1.54, 1.807) is 0 Å². The minimum Gasteiger partial charge on any atom is -0.377 e. The number of ether oxygens (including phenoxy) is 1. The molecule has 3 heteroatoms. The van der Waals surface area contributed by atoms with Gasteiger partial charge in [0, 0.05) is 17.3 Å². The van der Waals surface area contributed by atoms with Gasteiger partial charge in [-0.2, -0.15) is 0 Å². The SMILES string of the molecule is CCOC(C)[C@@]1(CC)CSc2ccccc2[C@H](c2ccccc2)N1. The van der Waals surface area contributed by atoms with Crippen LogP contribution in [0.25, 0.3) is 0 Å². The summed E-state index contributed by atoms with van der Waals surface area (Å²) in [6.07, 6.45) is 1.21. The van der Waals surface area contributed by atoms with Gasteiger partial charge in [0.25, 0.3) is 0 Å². The molecule has 2 nitrogen and oxygen atoms in total. The van der Waals surface area contributed by atoms with E-state index in [-0.39, 0.29) is 17.7 Å². The molecule has 1 N–H and O–H groups in total. The molecule has 0 saturated carbocycles. The van der Waals surface area contributed by atoms with Crippen LogP contribution in [-0.2, 0) is 4.74 Å². The van der Waals surface area contributed by atoms with Crippen LogP contribution in [0.4, 0.5) is 0 Å². The van der Waals surface area contributed by atoms with Crippen LogP contribution in [0.15, 0.2) is 59.5 Å². The lowest BCUT2D eigenvalue weighted by atomic mass is 9.88. The van der Waals surface area contributed by atoms with Gasteiger partial charge >= 0.3 is 0 Å². The average molecular weight is 342 g/mol. The van der Waals surface area contributed by atoms with Gasteiger partial charge < -0.3 is 4.74 Å². The Morgan fingerprint density at radius 1 is 1.12 bits per heavy atom. The zero-order valence-electron chi connectivity index (χ0n) is 14.8. The first kappa shape index (κ1) is 17.5. The lowest BCUT2D eigenvalue weighted by Gasteiger charge is -2.40. The summed E-state index contributed by atoms with van der Waals surface area (Å²) in [5.74, 6) is 1.02. The topological polar surface area (TPSA) is 21.3 Å². The largest absolute Gasteiger partial charge is 0.377 e. The number of benzene rings is 2. The van der Waals surface area contributed by atoms with Crippen molar-refractivity contribution in [1.82, 2.24) is 5.32 Å². The summed E-state index contributed by atoms with van der Waals surface area (Å²) in [5.41, 5.74) is 2.64. The molecule has 1 aliphatic rings. The second-order valence-corrected chi connectivity index (χ2v) is 7.44. The Balaban J connectivity index is 2.05. The summed E-state index contributed by atoms with van der Waals surface area (Å²) in [6.45, 7) is 7.30. The number of hydrogen-bond acceptors (Lipinski definition) is 3. The quantitative estimate of drug-likeness (QED) is 0.823. The first-order valence-corrected chi connectivity index (χ1v) is 9.84. The summed E-state index contributed by atoms with van der Waals surface area (Å²) in [7, 11) is 0. The summed E-state index contributed by atoms with van der Waals surface area (Å²) in [6, 6.07) is 19.7. The summed E-state index contributed by atoms with van der Waals surface area (Å²) in [5, 5.41) is 3.99. The standard InChI is InChI=1S/C21H27NOS/c1-4-21(16(3)23-5-2)15-24-19-14-10-9-13-18(19)20(22-21)17-11-7-6-8-12-17/h6-14,16,20,22H,4-5,15H2,1-3H3/t16?,20-,21+/m0/s1. The van der Waals surface area contributed by atoms with E-state index in [2.05, 4.69) is 80.7 Å². The van der Waals surface area contributed by atoms with Gasteiger partial charge in [0.05, 0.1) is 17.7 Å². The first-order valence-electron chi connectivity index (χ1n) is 8.86. The number of rotatable bonds is 5. The zero-order valence-corrected chi connectivity index (χ0v) is 15.6. The molecule has 1 unspecified atom stereocenters. The van der Waals surface area contributed by atoms with Crippen LogP contribution in [0.1, 0.15) is 44.4 Å². The third kappa shape index (κ3) is 3.39. The molecule has 1 aliphatic heterocycles. The smallest absolute Gasteiger partial charge is 0.0736 e. The Kier molecular flexibility index (Phi) is 5.65. The molecule has 0 bridgehead atoms. The highest BCUT2D eigenvalue weighted by Gasteiger charge is 2.40. The highest BCUT2D eigenvalue weighted by atomic mass is 32.2. The Bertz CT molecular complexity index is 660. The molecule has 1 heterocycles. The van der Waals surface area contributed by atoms with Crippen LogP contribution in [0.3, 0.4) is 0 Å². The summed E-state index contributed by atoms with van der Waals surface area (Å²) < 4.78 is 6.04. The van der Waals surface area contributed by atoms with Crippen molar-refractivity contribution >= 4 is 11.8 Å². The molecular formula is C21H27NOS. The second-order valence-electron chi connectivity index (χ2n) is 6.42. The molecule has 2 aromatic rings. The molecule has 0 spiro atoms. The van der Waals surface area contributed by atoms with Crippen molar-refractivity contribution in [3.63, 3.8) is 0 Å². The fourth-order valence-corrected chi connectivity index (χ4v) is 4.97. The molecule has 3 rings (SSSR count). The van der Waals surface area contributed by atoms with Crippen molar-refractivity contribution < 1.29 is 4.74 Å². The van der Waals surface area contributed by atoms with E-state index in [1.807, 2.05) is 11.8 Å². The number of nitrogens with one attached hydrogen (secondary N) is 1. The molecule has 24 heavy (non-hydrogen) atoms. The van der Waals surface area contributed by atoms with Gasteiger partial charge in [0.15, 0.2) is 0 Å². The van der Waals surface area contributed by atoms with Crippen molar-refractivity contribution in [1.29, 1.82) is 0 Å². The maximum Gasteiger partial charge on any atom is 0.0736 e. The predicted octanol–water partition coefficient (Wildman–Crippen LogP) is 5.05. The predicted molar refractivity (Wildman–Crippen MR) is 103 cm³/mol. The number of thioether (sulfide) groups is 1. The molecule has 0 fully saturated rings. The molecule has 2 aromatic carbocycles. The maximum atomic E-state index is 6.04. The van der Waals surface area contributed by atoms with Gasteiger partial charge in [-0.25, -0.2) is 0 Å². The summed E-state index contributed by atoms with van der Waals surface area (Å²) in [4.78, 5) is 1.37. The van der Waals surface area contributed by atoms with Gasteiger partial charge in [-0.1, -0.05) is 55.5 Å². The molecular weight excluding hydrogens is 314 g/mol. The van der Waals surface area contributed by atoms with Crippen molar-refractivity contribution in [2.75, 3.05) is 12.4 Å². The van der Waals surface area contributed by atoms with E-state index in [1.165, 1.54) is 16.0 Å². The van der Waals surface area contributed by atoms with E-state index in [0.29, 0.717) is 0 Å². The van der Waals surface area contributed by atoms with E-state index in [9.17, 15) is 0 Å². The highest BCUT2D eigenvalue weighted by Crippen LogP contribution is 2.40. The van der Waals surface area contributed by atoms with E-state index >= 15 is 0 Å². The van der Waals surface area contributed by atoms with Gasteiger partial charge in [-0.3, -0.25) is 5.32 Å². The Labute approximate surface area is 150 Å². The Hall–Kier alpha value is -1.29. The zero-order chi connectivity index (χ0) is 17.0. The van der Waals surface area contributed by atoms with Crippen LogP contribution in [0, 0.1) is 0 Å². The third-order valence-corrected chi connectivity index (χ3v) is 6.45. The van der Waals surface area contributed by atoms with Crippen molar-refractivity contribution in [2.24, 2.45) is 0 Å². The van der Waals surface area contributed by atoms with Crippen LogP contribution in [-0.4, -0.2) is 24.0 Å². The molecule has 3 atom stereocenters. The van der Waals surface area contributed by atoms with E-state index in [4.69, 9.17) is 4.74 Å². The number of hydrogen-bond donors (Lipinski definition) is 1. The fraction of sp³-hybridized carbons (Fsp3) is 0.429. The Morgan fingerprint density at radius 3 is 2.54 bits per heavy atom. The number of fused-ring (bicyclic) bond motifs is 1. The molecule has 0 aliphatic carbocycles. The normalized spacial score (nSPS) is 24.9. The highest BCUT2D eigenvalue weighted by molar-refractivity contribution is 7.99. The van der Waals surface area contributed by atoms with Gasteiger partial charge in [0.2, 0.25) is 0 Å². The summed E-state index contributed by atoms with van der Waals surface area (Å²) >= 11 is 1.95. The van der Waals surface area contributed by atoms with Crippen LogP contribution >= 0.6 is 11.8 Å². The van der Waals surface area contributed by atoms with E-state index in [0.717, 1.165) is 18.8 Å². The maximum absolute atomic E-state index is 6.04. The van der Waals surface area contributed by atoms with Crippen LogP contribution in [0.5, 0.6) is 0 Å². The molecule has 0 amide bonds. The van der Waals surface area contributed by atoms with Crippen LogP contribution in [0.2, 0.25) is 0 Å². The van der Waals surface area contributed by atoms with E-state index < -0.39 is 0 Å². The lowest BCUT2D eigenvalue weighted by Crippen LogP contribution is -2.56. The van der Waals surface area contributed by atoms with Crippen molar-refractivity contribution in [3.8, 4) is 0 Å². The minimum absolute atomic E-state index is 0.0415. The first-order chi connectivity index (χ1) is 11.7. The van der Waals surface area contributed by atoms with Crippen LogP contribution < -0.4 is 5.32 Å². The molecule has 128 valence electrons. The van der Waals surface area contributed by atoms with Crippen molar-refractivity contribution in [3.05, 3.63) is 65.7 Å². The lowest BCUT2D eigenvalue weighted by molar-refractivity contribution is 0.00687. The third-order valence-electron chi connectivity index (χ3n) is 5.11. The monoisotopic (exact) mass is 341 g/mol. The Morgan fingerprint density at radius 2 is 1.83 bits per heavy atom. The fourth-order valence-electron chi connectivity index (χ4n) is 3.51.